The molecule has 0 amide bonds. The molecule has 0 saturated heterocycles. The number of esters is 2. The highest BCUT2D eigenvalue weighted by Gasteiger charge is 2.12. The smallest absolute Gasteiger partial charge is 0.373 e. The van der Waals surface area contributed by atoms with Gasteiger partial charge in [-0.05, 0) is 19.2 Å². The Hall–Kier alpha value is -1.82. The minimum absolute atomic E-state index is 0.175. The summed E-state index contributed by atoms with van der Waals surface area (Å²) < 4.78 is 14.4. The molecule has 0 radical (unpaired) electrons. The highest BCUT2D eigenvalue weighted by atomic mass is 16.5. The van der Waals surface area contributed by atoms with E-state index in [1.807, 2.05) is 11.9 Å². The van der Waals surface area contributed by atoms with E-state index in [1.54, 1.807) is 12.1 Å². The Morgan fingerprint density at radius 2 is 2.00 bits per heavy atom. The lowest BCUT2D eigenvalue weighted by molar-refractivity contribution is -0.140. The molecule has 100 valence electrons. The highest BCUT2D eigenvalue weighted by Crippen LogP contribution is 2.11. The van der Waals surface area contributed by atoms with Gasteiger partial charge in [-0.15, -0.1) is 0 Å². The number of methoxy groups -OCH3 is 2. The first-order valence-electron chi connectivity index (χ1n) is 5.49. The molecule has 0 bridgehead atoms. The van der Waals surface area contributed by atoms with Gasteiger partial charge in [-0.3, -0.25) is 9.69 Å². The molecule has 6 nitrogen and oxygen atoms in total. The van der Waals surface area contributed by atoms with Gasteiger partial charge in [-0.2, -0.15) is 0 Å². The fourth-order valence-corrected chi connectivity index (χ4v) is 1.40. The number of rotatable bonds is 6. The minimum Gasteiger partial charge on any atom is -0.469 e. The topological polar surface area (TPSA) is 69.0 Å². The molecule has 1 heterocycles. The fourth-order valence-electron chi connectivity index (χ4n) is 1.40. The van der Waals surface area contributed by atoms with E-state index in [2.05, 4.69) is 9.47 Å². The maximum atomic E-state index is 11.2. The maximum Gasteiger partial charge on any atom is 0.373 e. The summed E-state index contributed by atoms with van der Waals surface area (Å²) in [5.41, 5.74) is 0. The molecule has 1 aromatic heterocycles. The summed E-state index contributed by atoms with van der Waals surface area (Å²) in [4.78, 5) is 24.0. The van der Waals surface area contributed by atoms with Gasteiger partial charge < -0.3 is 13.9 Å². The van der Waals surface area contributed by atoms with Gasteiger partial charge in [-0.1, -0.05) is 0 Å². The van der Waals surface area contributed by atoms with Gasteiger partial charge in [0, 0.05) is 6.54 Å². The molecule has 0 saturated carbocycles. The van der Waals surface area contributed by atoms with Crippen LogP contribution in [0, 0.1) is 0 Å². The first-order chi connectivity index (χ1) is 8.56. The van der Waals surface area contributed by atoms with Crippen molar-refractivity contribution in [3.63, 3.8) is 0 Å². The Balaban J connectivity index is 2.44. The summed E-state index contributed by atoms with van der Waals surface area (Å²) >= 11 is 0. The van der Waals surface area contributed by atoms with Crippen LogP contribution < -0.4 is 0 Å². The van der Waals surface area contributed by atoms with Crippen molar-refractivity contribution in [2.75, 3.05) is 27.8 Å². The Morgan fingerprint density at radius 3 is 2.61 bits per heavy atom. The Morgan fingerprint density at radius 1 is 1.28 bits per heavy atom. The number of hydrogen-bond acceptors (Lipinski definition) is 6. The summed E-state index contributed by atoms with van der Waals surface area (Å²) in [6, 6.07) is 3.27. The lowest BCUT2D eigenvalue weighted by Gasteiger charge is -2.13. The van der Waals surface area contributed by atoms with Crippen LogP contribution in [0.1, 0.15) is 22.7 Å². The van der Waals surface area contributed by atoms with Gasteiger partial charge in [0.25, 0.3) is 0 Å². The molecule has 0 aliphatic heterocycles. The Kier molecular flexibility index (Phi) is 5.38. The normalized spacial score (nSPS) is 10.4. The van der Waals surface area contributed by atoms with Gasteiger partial charge in [-0.25, -0.2) is 4.79 Å². The largest absolute Gasteiger partial charge is 0.469 e. The van der Waals surface area contributed by atoms with Crippen LogP contribution in [0.3, 0.4) is 0 Å². The van der Waals surface area contributed by atoms with E-state index in [9.17, 15) is 9.59 Å². The number of nitrogens with zero attached hydrogens (tertiary/aromatic N) is 1. The number of furan rings is 1. The Labute approximate surface area is 105 Å². The van der Waals surface area contributed by atoms with Crippen molar-refractivity contribution in [1.82, 2.24) is 4.90 Å². The molecule has 0 atom stereocenters. The third-order valence-electron chi connectivity index (χ3n) is 2.40. The molecule has 18 heavy (non-hydrogen) atoms. The van der Waals surface area contributed by atoms with Gasteiger partial charge in [0.1, 0.15) is 5.76 Å². The molecular weight excluding hydrogens is 238 g/mol. The highest BCUT2D eigenvalue weighted by molar-refractivity contribution is 5.86. The lowest BCUT2D eigenvalue weighted by Crippen LogP contribution is -2.21. The van der Waals surface area contributed by atoms with Gasteiger partial charge >= 0.3 is 11.9 Å². The predicted octanol–water partition coefficient (Wildman–Crippen LogP) is 1.06. The van der Waals surface area contributed by atoms with E-state index < -0.39 is 5.97 Å². The quantitative estimate of drug-likeness (QED) is 0.708. The van der Waals surface area contributed by atoms with Crippen molar-refractivity contribution >= 4 is 11.9 Å². The summed E-state index contributed by atoms with van der Waals surface area (Å²) in [6.45, 7) is 1.06. The average molecular weight is 255 g/mol. The average Bonchev–Trinajstić information content (AvgIpc) is 2.83. The molecule has 0 N–H and O–H groups in total. The first kappa shape index (κ1) is 14.2. The lowest BCUT2D eigenvalue weighted by atomic mass is 10.3. The zero-order valence-corrected chi connectivity index (χ0v) is 10.8. The third kappa shape index (κ3) is 4.21. The Bertz CT molecular complexity index is 412. The van der Waals surface area contributed by atoms with Gasteiger partial charge in [0.2, 0.25) is 5.76 Å². The minimum atomic E-state index is -0.501. The number of carbonyl (C=O) groups is 2. The van der Waals surface area contributed by atoms with Crippen LogP contribution in [0.2, 0.25) is 0 Å². The van der Waals surface area contributed by atoms with Crippen molar-refractivity contribution < 1.29 is 23.5 Å². The SMILES string of the molecule is COC(=O)CCN(C)Cc1ccc(C(=O)OC)o1. The molecule has 0 aliphatic rings. The fraction of sp³-hybridized carbons (Fsp3) is 0.500. The van der Waals surface area contributed by atoms with E-state index in [-0.39, 0.29) is 11.7 Å². The van der Waals surface area contributed by atoms with Gasteiger partial charge in [0.15, 0.2) is 0 Å². The second-order valence-electron chi connectivity index (χ2n) is 3.82. The van der Waals surface area contributed by atoms with E-state index in [0.717, 1.165) is 0 Å². The number of carbonyl (C=O) groups excluding carboxylic acids is 2. The first-order valence-corrected chi connectivity index (χ1v) is 5.49. The van der Waals surface area contributed by atoms with Crippen LogP contribution in [0.4, 0.5) is 0 Å². The molecule has 0 unspecified atom stereocenters. The number of hydrogen-bond donors (Lipinski definition) is 0. The van der Waals surface area contributed by atoms with Crippen LogP contribution >= 0.6 is 0 Å². The molecule has 0 spiro atoms. The van der Waals surface area contributed by atoms with E-state index >= 15 is 0 Å². The van der Waals surface area contributed by atoms with Crippen LogP contribution in [-0.4, -0.2) is 44.7 Å². The van der Waals surface area contributed by atoms with Crippen LogP contribution in [0.15, 0.2) is 16.5 Å². The molecule has 0 fully saturated rings. The summed E-state index contributed by atoms with van der Waals surface area (Å²) in [5.74, 6) is 0.0617. The van der Waals surface area contributed by atoms with Crippen LogP contribution in [0.25, 0.3) is 0 Å². The molecule has 1 rings (SSSR count). The summed E-state index contributed by atoms with van der Waals surface area (Å²) in [7, 11) is 4.51. The van der Waals surface area contributed by atoms with Crippen LogP contribution in [-0.2, 0) is 20.8 Å². The molecule has 0 aliphatic carbocycles. The van der Waals surface area contributed by atoms with E-state index in [0.29, 0.717) is 25.3 Å². The standard InChI is InChI=1S/C12H17NO5/c1-13(7-6-11(14)16-2)8-9-4-5-10(18-9)12(15)17-3/h4-5H,6-8H2,1-3H3. The third-order valence-corrected chi connectivity index (χ3v) is 2.40. The second kappa shape index (κ2) is 6.80. The maximum absolute atomic E-state index is 11.2. The molecule has 0 aromatic carbocycles. The summed E-state index contributed by atoms with van der Waals surface area (Å²) in [5, 5.41) is 0. The van der Waals surface area contributed by atoms with Crippen molar-refractivity contribution in [3.8, 4) is 0 Å². The van der Waals surface area contributed by atoms with Crippen molar-refractivity contribution in [1.29, 1.82) is 0 Å². The number of ether oxygens (including phenoxy) is 2. The van der Waals surface area contributed by atoms with Crippen molar-refractivity contribution in [3.05, 3.63) is 23.7 Å². The molecule has 1 aromatic rings. The van der Waals surface area contributed by atoms with Crippen molar-refractivity contribution in [2.45, 2.75) is 13.0 Å². The zero-order valence-electron chi connectivity index (χ0n) is 10.8. The van der Waals surface area contributed by atoms with E-state index in [1.165, 1.54) is 14.2 Å². The summed E-state index contributed by atoms with van der Waals surface area (Å²) in [6.07, 6.45) is 0.317. The second-order valence-corrected chi connectivity index (χ2v) is 3.82. The molecular formula is C12H17NO5. The van der Waals surface area contributed by atoms with Gasteiger partial charge in [0.05, 0.1) is 27.2 Å². The monoisotopic (exact) mass is 255 g/mol. The predicted molar refractivity (Wildman–Crippen MR) is 63.0 cm³/mol. The molecule has 6 heteroatoms. The van der Waals surface area contributed by atoms with Crippen LogP contribution in [0.5, 0.6) is 0 Å². The van der Waals surface area contributed by atoms with E-state index in [4.69, 9.17) is 4.42 Å². The zero-order chi connectivity index (χ0) is 13.5. The van der Waals surface area contributed by atoms with Crippen molar-refractivity contribution in [2.24, 2.45) is 0 Å².